The minimum atomic E-state index is -0.981. The van der Waals surface area contributed by atoms with E-state index in [0.29, 0.717) is 16.0 Å². The Bertz CT molecular complexity index is 917. The van der Waals surface area contributed by atoms with Crippen LogP contribution < -0.4 is 4.90 Å². The average molecular weight is 343 g/mol. The summed E-state index contributed by atoms with van der Waals surface area (Å²) in [5.41, 5.74) is 1.99. The van der Waals surface area contributed by atoms with E-state index in [0.717, 1.165) is 48.6 Å². The summed E-state index contributed by atoms with van der Waals surface area (Å²) in [5.74, 6) is -0.546. The molecule has 0 unspecified atom stereocenters. The van der Waals surface area contributed by atoms with Crippen molar-refractivity contribution < 1.29 is 14.3 Å². The number of benzene rings is 1. The van der Waals surface area contributed by atoms with Gasteiger partial charge in [-0.15, -0.1) is 11.3 Å². The second kappa shape index (κ2) is 5.83. The third-order valence-electron chi connectivity index (χ3n) is 4.08. The normalized spacial score (nSPS) is 14.5. The summed E-state index contributed by atoms with van der Waals surface area (Å²) in [6.07, 6.45) is 2.18. The minimum Gasteiger partial charge on any atom is -0.477 e. The predicted octanol–water partition coefficient (Wildman–Crippen LogP) is 3.80. The Morgan fingerprint density at radius 3 is 2.54 bits per heavy atom. The van der Waals surface area contributed by atoms with Crippen molar-refractivity contribution in [2.24, 2.45) is 0 Å². The summed E-state index contributed by atoms with van der Waals surface area (Å²) in [6.45, 7) is 1.79. The SMILES string of the molecule is O=C(O)c1cc2nc(-c3ccc(F)cc3)c(N3CCCC3)nc2s1. The molecule has 1 saturated heterocycles. The van der Waals surface area contributed by atoms with Crippen LogP contribution in [0.15, 0.2) is 30.3 Å². The summed E-state index contributed by atoms with van der Waals surface area (Å²) < 4.78 is 13.2. The zero-order chi connectivity index (χ0) is 16.7. The number of halogens is 1. The molecule has 2 aromatic heterocycles. The fraction of sp³-hybridized carbons (Fsp3) is 0.235. The lowest BCUT2D eigenvalue weighted by molar-refractivity contribution is 0.0702. The number of aromatic carboxylic acids is 1. The molecule has 4 rings (SSSR count). The highest BCUT2D eigenvalue weighted by atomic mass is 32.1. The van der Waals surface area contributed by atoms with Crippen LogP contribution in [0.3, 0.4) is 0 Å². The van der Waals surface area contributed by atoms with Gasteiger partial charge in [0.05, 0.1) is 0 Å². The smallest absolute Gasteiger partial charge is 0.346 e. The Morgan fingerprint density at radius 1 is 1.17 bits per heavy atom. The van der Waals surface area contributed by atoms with E-state index < -0.39 is 5.97 Å². The van der Waals surface area contributed by atoms with Crippen LogP contribution in [-0.2, 0) is 0 Å². The average Bonchev–Trinajstić information content (AvgIpc) is 3.23. The maximum atomic E-state index is 13.2. The van der Waals surface area contributed by atoms with Gasteiger partial charge in [0, 0.05) is 18.7 Å². The number of hydrogen-bond acceptors (Lipinski definition) is 5. The molecular weight excluding hydrogens is 329 g/mol. The molecule has 0 aliphatic carbocycles. The topological polar surface area (TPSA) is 66.3 Å². The van der Waals surface area contributed by atoms with Crippen LogP contribution in [-0.4, -0.2) is 34.1 Å². The lowest BCUT2D eigenvalue weighted by atomic mass is 10.1. The Balaban J connectivity index is 1.92. The van der Waals surface area contributed by atoms with E-state index in [-0.39, 0.29) is 10.7 Å². The molecule has 0 amide bonds. The molecule has 1 aliphatic heterocycles. The Hall–Kier alpha value is -2.54. The van der Waals surface area contributed by atoms with Gasteiger partial charge in [-0.05, 0) is 43.2 Å². The number of aromatic nitrogens is 2. The molecule has 5 nitrogen and oxygen atoms in total. The number of carboxylic acid groups (broad SMARTS) is 1. The Labute approximate surface area is 141 Å². The van der Waals surface area contributed by atoms with Crippen LogP contribution in [0.2, 0.25) is 0 Å². The Morgan fingerprint density at radius 2 is 1.88 bits per heavy atom. The van der Waals surface area contributed by atoms with Crippen LogP contribution in [0.5, 0.6) is 0 Å². The van der Waals surface area contributed by atoms with Crippen molar-refractivity contribution in [1.29, 1.82) is 0 Å². The van der Waals surface area contributed by atoms with Crippen molar-refractivity contribution in [3.05, 3.63) is 41.0 Å². The zero-order valence-corrected chi connectivity index (χ0v) is 13.5. The van der Waals surface area contributed by atoms with E-state index in [9.17, 15) is 14.3 Å². The third kappa shape index (κ3) is 2.60. The number of thiophene rings is 1. The van der Waals surface area contributed by atoms with Crippen LogP contribution in [0.4, 0.5) is 10.2 Å². The zero-order valence-electron chi connectivity index (χ0n) is 12.7. The number of anilines is 1. The number of nitrogens with zero attached hydrogens (tertiary/aromatic N) is 3. The van der Waals surface area contributed by atoms with Gasteiger partial charge in [-0.3, -0.25) is 0 Å². The van der Waals surface area contributed by atoms with Crippen LogP contribution >= 0.6 is 11.3 Å². The third-order valence-corrected chi connectivity index (χ3v) is 5.09. The van der Waals surface area contributed by atoms with E-state index in [1.54, 1.807) is 12.1 Å². The molecule has 1 aliphatic rings. The van der Waals surface area contributed by atoms with Crippen LogP contribution in [0, 0.1) is 5.82 Å². The van der Waals surface area contributed by atoms with Gasteiger partial charge in [-0.25, -0.2) is 19.2 Å². The lowest BCUT2D eigenvalue weighted by Crippen LogP contribution is -2.20. The number of hydrogen-bond donors (Lipinski definition) is 1. The second-order valence-corrected chi connectivity index (χ2v) is 6.73. The fourth-order valence-corrected chi connectivity index (χ4v) is 3.72. The number of rotatable bonds is 3. The highest BCUT2D eigenvalue weighted by molar-refractivity contribution is 7.20. The van der Waals surface area contributed by atoms with Gasteiger partial charge in [-0.1, -0.05) is 0 Å². The van der Waals surface area contributed by atoms with Gasteiger partial charge in [0.25, 0.3) is 0 Å². The van der Waals surface area contributed by atoms with Crippen molar-refractivity contribution in [1.82, 2.24) is 9.97 Å². The van der Waals surface area contributed by atoms with Gasteiger partial charge in [0.1, 0.15) is 26.7 Å². The summed E-state index contributed by atoms with van der Waals surface area (Å²) in [5, 5.41) is 9.19. The molecule has 0 atom stereocenters. The molecule has 3 aromatic rings. The monoisotopic (exact) mass is 343 g/mol. The van der Waals surface area contributed by atoms with Crippen molar-refractivity contribution >= 4 is 33.5 Å². The highest BCUT2D eigenvalue weighted by Crippen LogP contribution is 2.34. The molecule has 0 radical (unpaired) electrons. The largest absolute Gasteiger partial charge is 0.477 e. The summed E-state index contributed by atoms with van der Waals surface area (Å²) in [6, 6.07) is 7.68. The van der Waals surface area contributed by atoms with Crippen molar-refractivity contribution in [3.63, 3.8) is 0 Å². The lowest BCUT2D eigenvalue weighted by Gasteiger charge is -2.19. The van der Waals surface area contributed by atoms with Gasteiger partial charge < -0.3 is 10.0 Å². The molecule has 0 saturated carbocycles. The molecule has 7 heteroatoms. The molecule has 122 valence electrons. The quantitative estimate of drug-likeness (QED) is 0.783. The van der Waals surface area contributed by atoms with Gasteiger partial charge >= 0.3 is 5.97 Å². The molecule has 24 heavy (non-hydrogen) atoms. The van der Waals surface area contributed by atoms with Crippen molar-refractivity contribution in [2.75, 3.05) is 18.0 Å². The van der Waals surface area contributed by atoms with E-state index in [1.165, 1.54) is 18.2 Å². The number of carboxylic acids is 1. The van der Waals surface area contributed by atoms with E-state index in [1.807, 2.05) is 0 Å². The predicted molar refractivity (Wildman–Crippen MR) is 91.2 cm³/mol. The molecule has 1 fully saturated rings. The van der Waals surface area contributed by atoms with Crippen molar-refractivity contribution in [3.8, 4) is 11.3 Å². The van der Waals surface area contributed by atoms with Gasteiger partial charge in [0.15, 0.2) is 5.82 Å². The van der Waals surface area contributed by atoms with E-state index in [2.05, 4.69) is 14.9 Å². The summed E-state index contributed by atoms with van der Waals surface area (Å²) in [7, 11) is 0. The van der Waals surface area contributed by atoms with Crippen molar-refractivity contribution in [2.45, 2.75) is 12.8 Å². The summed E-state index contributed by atoms with van der Waals surface area (Å²) >= 11 is 1.12. The maximum absolute atomic E-state index is 13.2. The molecule has 0 bridgehead atoms. The fourth-order valence-electron chi connectivity index (χ4n) is 2.91. The number of carbonyl (C=O) groups is 1. The van der Waals surface area contributed by atoms with E-state index >= 15 is 0 Å². The molecule has 0 spiro atoms. The van der Waals surface area contributed by atoms with Gasteiger partial charge in [-0.2, -0.15) is 0 Å². The maximum Gasteiger partial charge on any atom is 0.346 e. The van der Waals surface area contributed by atoms with E-state index in [4.69, 9.17) is 0 Å². The first-order valence-corrected chi connectivity index (χ1v) is 8.49. The minimum absolute atomic E-state index is 0.216. The summed E-state index contributed by atoms with van der Waals surface area (Å²) in [4.78, 5) is 23.5. The first kappa shape index (κ1) is 15.0. The molecule has 1 aromatic carbocycles. The molecular formula is C17H14FN3O2S. The second-order valence-electron chi connectivity index (χ2n) is 5.70. The molecule has 3 heterocycles. The molecule has 1 N–H and O–H groups in total. The highest BCUT2D eigenvalue weighted by Gasteiger charge is 2.22. The van der Waals surface area contributed by atoms with Gasteiger partial charge in [0.2, 0.25) is 0 Å². The first-order valence-electron chi connectivity index (χ1n) is 7.67. The number of fused-ring (bicyclic) bond motifs is 1. The first-order chi connectivity index (χ1) is 11.6. The standard InChI is InChI=1S/C17H14FN3O2S/c18-11-5-3-10(4-6-11)14-15(21-7-1-2-8-21)20-16-12(19-14)9-13(24-16)17(22)23/h3-6,9H,1-2,7-8H2,(H,22,23). The Kier molecular flexibility index (Phi) is 3.65. The van der Waals surface area contributed by atoms with Crippen LogP contribution in [0.25, 0.3) is 21.6 Å². The van der Waals surface area contributed by atoms with Crippen LogP contribution in [0.1, 0.15) is 22.5 Å².